The van der Waals surface area contributed by atoms with Crippen LogP contribution >= 0.6 is 11.6 Å². The van der Waals surface area contributed by atoms with Crippen molar-refractivity contribution >= 4 is 37.2 Å². The molecule has 2 aromatic carbocycles. The Morgan fingerprint density at radius 2 is 1.68 bits per heavy atom. The Morgan fingerprint density at radius 3 is 2.32 bits per heavy atom. The number of sulfone groups is 2. The normalized spacial score (nSPS) is 12.0. The summed E-state index contributed by atoms with van der Waals surface area (Å²) in [6.07, 6.45) is 0.904. The molecular formula is C17H16ClF2NO5S2. The van der Waals surface area contributed by atoms with Gasteiger partial charge in [0, 0.05) is 18.4 Å². The van der Waals surface area contributed by atoms with E-state index in [9.17, 15) is 30.4 Å². The second-order valence-corrected chi connectivity index (χ2v) is 10.7. The van der Waals surface area contributed by atoms with E-state index in [1.807, 2.05) is 0 Å². The molecule has 11 heteroatoms. The van der Waals surface area contributed by atoms with Gasteiger partial charge >= 0.3 is 0 Å². The SMILES string of the molecule is CS(=O)(=O)CCS(=O)(=O)c1ccccc1C(=O)NCc1cc(F)c(Cl)cc1F. The fourth-order valence-electron chi connectivity index (χ4n) is 2.27. The smallest absolute Gasteiger partial charge is 0.252 e. The summed E-state index contributed by atoms with van der Waals surface area (Å²) in [5.74, 6) is -3.82. The third kappa shape index (κ3) is 5.73. The first-order chi connectivity index (χ1) is 12.9. The van der Waals surface area contributed by atoms with E-state index in [-0.39, 0.29) is 16.0 Å². The molecule has 0 fully saturated rings. The van der Waals surface area contributed by atoms with Gasteiger partial charge in [-0.1, -0.05) is 23.7 Å². The number of carbonyl (C=O) groups excluding carboxylic acids is 1. The fourth-order valence-corrected chi connectivity index (χ4v) is 5.51. The van der Waals surface area contributed by atoms with E-state index >= 15 is 0 Å². The topological polar surface area (TPSA) is 97.4 Å². The Labute approximate surface area is 166 Å². The first-order valence-electron chi connectivity index (χ1n) is 7.82. The maximum Gasteiger partial charge on any atom is 0.252 e. The molecule has 0 spiro atoms. The molecular weight excluding hydrogens is 436 g/mol. The average molecular weight is 452 g/mol. The summed E-state index contributed by atoms with van der Waals surface area (Å²) in [6.45, 7) is -0.406. The van der Waals surface area contributed by atoms with E-state index in [0.29, 0.717) is 0 Å². The number of benzene rings is 2. The molecule has 152 valence electrons. The third-order valence-electron chi connectivity index (χ3n) is 3.72. The van der Waals surface area contributed by atoms with E-state index < -0.39 is 60.3 Å². The Bertz CT molecular complexity index is 1120. The van der Waals surface area contributed by atoms with E-state index in [1.54, 1.807) is 0 Å². The molecule has 2 aromatic rings. The van der Waals surface area contributed by atoms with Crippen LogP contribution in [-0.4, -0.2) is 40.5 Å². The second kappa shape index (κ2) is 8.54. The summed E-state index contributed by atoms with van der Waals surface area (Å²) < 4.78 is 74.7. The molecule has 0 aromatic heterocycles. The Balaban J connectivity index is 2.24. The van der Waals surface area contributed by atoms with Gasteiger partial charge in [0.15, 0.2) is 9.84 Å². The van der Waals surface area contributed by atoms with Crippen LogP contribution in [0.5, 0.6) is 0 Å². The highest BCUT2D eigenvalue weighted by Gasteiger charge is 2.23. The summed E-state index contributed by atoms with van der Waals surface area (Å²) in [6, 6.07) is 6.82. The molecule has 2 rings (SSSR count). The maximum atomic E-state index is 13.8. The van der Waals surface area contributed by atoms with Crippen LogP contribution in [0.4, 0.5) is 8.78 Å². The molecule has 0 heterocycles. The summed E-state index contributed by atoms with van der Waals surface area (Å²) >= 11 is 5.47. The molecule has 0 saturated carbocycles. The zero-order chi connectivity index (χ0) is 21.1. The molecule has 0 aliphatic heterocycles. The molecule has 0 aliphatic rings. The number of halogens is 3. The average Bonchev–Trinajstić information content (AvgIpc) is 2.61. The van der Waals surface area contributed by atoms with Crippen LogP contribution in [0.2, 0.25) is 5.02 Å². The van der Waals surface area contributed by atoms with Gasteiger partial charge in [-0.05, 0) is 24.3 Å². The minimum absolute atomic E-state index is 0.173. The van der Waals surface area contributed by atoms with Gasteiger partial charge in [0.05, 0.1) is 27.0 Å². The number of rotatable bonds is 7. The molecule has 1 amide bonds. The lowest BCUT2D eigenvalue weighted by molar-refractivity contribution is 0.0947. The highest BCUT2D eigenvalue weighted by molar-refractivity contribution is 7.94. The first-order valence-corrected chi connectivity index (χ1v) is 11.9. The van der Waals surface area contributed by atoms with Crippen LogP contribution in [-0.2, 0) is 26.2 Å². The minimum atomic E-state index is -4.06. The summed E-state index contributed by atoms with van der Waals surface area (Å²) in [5.41, 5.74) is -0.404. The number of carbonyl (C=O) groups is 1. The van der Waals surface area contributed by atoms with Gasteiger partial charge in [-0.25, -0.2) is 25.6 Å². The molecule has 0 saturated heterocycles. The van der Waals surface area contributed by atoms with Gasteiger partial charge in [-0.2, -0.15) is 0 Å². The van der Waals surface area contributed by atoms with Crippen molar-refractivity contribution in [1.82, 2.24) is 5.32 Å². The van der Waals surface area contributed by atoms with Crippen LogP contribution in [0, 0.1) is 11.6 Å². The predicted molar refractivity (Wildman–Crippen MR) is 101 cm³/mol. The molecule has 0 atom stereocenters. The first kappa shape index (κ1) is 22.3. The summed E-state index contributed by atoms with van der Waals surface area (Å²) in [7, 11) is -7.59. The quantitative estimate of drug-likeness (QED) is 0.652. The van der Waals surface area contributed by atoms with Gasteiger partial charge in [-0.15, -0.1) is 0 Å². The van der Waals surface area contributed by atoms with Crippen LogP contribution in [0.3, 0.4) is 0 Å². The van der Waals surface area contributed by atoms with Crippen molar-refractivity contribution < 1.29 is 30.4 Å². The van der Waals surface area contributed by atoms with E-state index in [0.717, 1.165) is 18.4 Å². The van der Waals surface area contributed by atoms with Gasteiger partial charge in [0.2, 0.25) is 0 Å². The zero-order valence-corrected chi connectivity index (χ0v) is 17.0. The lowest BCUT2D eigenvalue weighted by Gasteiger charge is -2.11. The summed E-state index contributed by atoms with van der Waals surface area (Å²) in [5, 5.41) is 1.91. The lowest BCUT2D eigenvalue weighted by Crippen LogP contribution is -2.26. The number of nitrogens with one attached hydrogen (secondary N) is 1. The van der Waals surface area contributed by atoms with Gasteiger partial charge in [0.25, 0.3) is 5.91 Å². The van der Waals surface area contributed by atoms with Gasteiger partial charge in [-0.3, -0.25) is 4.79 Å². The van der Waals surface area contributed by atoms with Crippen molar-refractivity contribution in [3.8, 4) is 0 Å². The van der Waals surface area contributed by atoms with Crippen LogP contribution in [0.1, 0.15) is 15.9 Å². The number of amides is 1. The number of hydrogen-bond donors (Lipinski definition) is 1. The molecule has 6 nitrogen and oxygen atoms in total. The molecule has 0 unspecified atom stereocenters. The monoisotopic (exact) mass is 451 g/mol. The zero-order valence-electron chi connectivity index (χ0n) is 14.6. The Hall–Kier alpha value is -2.04. The lowest BCUT2D eigenvalue weighted by atomic mass is 10.1. The second-order valence-electron chi connectivity index (χ2n) is 5.99. The molecule has 1 N–H and O–H groups in total. The largest absolute Gasteiger partial charge is 0.348 e. The van der Waals surface area contributed by atoms with Crippen LogP contribution in [0.15, 0.2) is 41.3 Å². The van der Waals surface area contributed by atoms with Crippen molar-refractivity contribution in [3.63, 3.8) is 0 Å². The van der Waals surface area contributed by atoms with Crippen molar-refractivity contribution in [1.29, 1.82) is 0 Å². The van der Waals surface area contributed by atoms with Crippen molar-refractivity contribution in [3.05, 3.63) is 64.2 Å². The standard InChI is InChI=1S/C17H16ClF2NO5S2/c1-27(23,24)6-7-28(25,26)16-5-3-2-4-12(16)17(22)21-10-11-8-15(20)13(18)9-14(11)19/h2-5,8-9H,6-7,10H2,1H3,(H,21,22). The van der Waals surface area contributed by atoms with Crippen molar-refractivity contribution in [2.45, 2.75) is 11.4 Å². The minimum Gasteiger partial charge on any atom is -0.348 e. The van der Waals surface area contributed by atoms with Crippen LogP contribution < -0.4 is 5.32 Å². The molecule has 0 radical (unpaired) electrons. The highest BCUT2D eigenvalue weighted by Crippen LogP contribution is 2.20. The van der Waals surface area contributed by atoms with Gasteiger partial charge < -0.3 is 5.32 Å². The molecule has 0 aliphatic carbocycles. The molecule has 28 heavy (non-hydrogen) atoms. The van der Waals surface area contributed by atoms with E-state index in [4.69, 9.17) is 11.6 Å². The highest BCUT2D eigenvalue weighted by atomic mass is 35.5. The van der Waals surface area contributed by atoms with E-state index in [2.05, 4.69) is 5.32 Å². The van der Waals surface area contributed by atoms with E-state index in [1.165, 1.54) is 24.3 Å². The maximum absolute atomic E-state index is 13.8. The van der Waals surface area contributed by atoms with Gasteiger partial charge in [0.1, 0.15) is 21.5 Å². The fraction of sp³-hybridized carbons (Fsp3) is 0.235. The molecule has 0 bridgehead atoms. The van der Waals surface area contributed by atoms with Crippen molar-refractivity contribution in [2.75, 3.05) is 17.8 Å². The summed E-state index contributed by atoms with van der Waals surface area (Å²) in [4.78, 5) is 12.1. The number of hydrogen-bond acceptors (Lipinski definition) is 5. The van der Waals surface area contributed by atoms with Crippen LogP contribution in [0.25, 0.3) is 0 Å². The third-order valence-corrected chi connectivity index (χ3v) is 6.98. The Kier molecular flexibility index (Phi) is 6.79. The Morgan fingerprint density at radius 1 is 1.04 bits per heavy atom. The predicted octanol–water partition coefficient (Wildman–Crippen LogP) is 2.37. The van der Waals surface area contributed by atoms with Crippen molar-refractivity contribution in [2.24, 2.45) is 0 Å².